The highest BCUT2D eigenvalue weighted by atomic mass is 16.5. The molecule has 13 heavy (non-hydrogen) atoms. The molecule has 1 N–H and O–H groups in total. The molecule has 2 fully saturated rings. The largest absolute Gasteiger partial charge is 0.381 e. The molecule has 0 unspecified atom stereocenters. The normalized spacial score (nSPS) is 34.4. The van der Waals surface area contributed by atoms with Crippen molar-refractivity contribution in [1.82, 2.24) is 10.2 Å². The average Bonchev–Trinajstić information content (AvgIpc) is 1.97. The van der Waals surface area contributed by atoms with E-state index in [1.54, 1.807) is 0 Å². The van der Waals surface area contributed by atoms with E-state index in [4.69, 9.17) is 4.74 Å². The number of methoxy groups -OCH3 is 1. The maximum atomic E-state index is 5.30. The molecule has 0 atom stereocenters. The van der Waals surface area contributed by atoms with Gasteiger partial charge in [-0.15, -0.1) is 0 Å². The quantitative estimate of drug-likeness (QED) is 0.687. The van der Waals surface area contributed by atoms with Gasteiger partial charge in [0.2, 0.25) is 0 Å². The first-order valence-electron chi connectivity index (χ1n) is 5.34. The fraction of sp³-hybridized carbons (Fsp3) is 1.00. The molecule has 2 rings (SSSR count). The average molecular weight is 184 g/mol. The van der Waals surface area contributed by atoms with E-state index in [1.807, 2.05) is 7.11 Å². The zero-order valence-electron chi connectivity index (χ0n) is 8.62. The number of ether oxygens (including phenoxy) is 1. The molecule has 0 spiro atoms. The summed E-state index contributed by atoms with van der Waals surface area (Å²) >= 11 is 0. The van der Waals surface area contributed by atoms with Gasteiger partial charge < -0.3 is 10.1 Å². The smallest absolute Gasteiger partial charge is 0.0601 e. The van der Waals surface area contributed by atoms with Gasteiger partial charge in [0.1, 0.15) is 0 Å². The number of nitrogens with one attached hydrogen (secondary N) is 1. The maximum Gasteiger partial charge on any atom is 0.0601 e. The van der Waals surface area contributed by atoms with Crippen LogP contribution in [-0.4, -0.2) is 49.8 Å². The van der Waals surface area contributed by atoms with E-state index in [1.165, 1.54) is 32.5 Å². The van der Waals surface area contributed by atoms with Crippen molar-refractivity contribution >= 4 is 0 Å². The molecule has 1 saturated heterocycles. The molecular weight excluding hydrogens is 164 g/mol. The van der Waals surface area contributed by atoms with Crippen LogP contribution < -0.4 is 5.32 Å². The highest BCUT2D eigenvalue weighted by molar-refractivity contribution is 4.94. The van der Waals surface area contributed by atoms with Crippen molar-refractivity contribution in [2.45, 2.75) is 38.0 Å². The van der Waals surface area contributed by atoms with Gasteiger partial charge in [-0.05, 0) is 19.4 Å². The molecule has 2 aliphatic rings. The van der Waals surface area contributed by atoms with Crippen LogP contribution in [0, 0.1) is 0 Å². The Kier molecular flexibility index (Phi) is 2.86. The first-order chi connectivity index (χ1) is 6.35. The third-order valence-electron chi connectivity index (χ3n) is 3.47. The van der Waals surface area contributed by atoms with Crippen molar-refractivity contribution in [1.29, 1.82) is 0 Å². The summed E-state index contributed by atoms with van der Waals surface area (Å²) in [5, 5.41) is 3.33. The number of nitrogens with zero attached hydrogens (tertiary/aromatic N) is 1. The van der Waals surface area contributed by atoms with Crippen LogP contribution in [0.15, 0.2) is 0 Å². The van der Waals surface area contributed by atoms with Crippen LogP contribution in [0.25, 0.3) is 0 Å². The Bertz CT molecular complexity index is 164. The van der Waals surface area contributed by atoms with Gasteiger partial charge >= 0.3 is 0 Å². The van der Waals surface area contributed by atoms with E-state index in [0.29, 0.717) is 6.10 Å². The van der Waals surface area contributed by atoms with Crippen molar-refractivity contribution in [3.05, 3.63) is 0 Å². The number of hydrogen-bond acceptors (Lipinski definition) is 3. The van der Waals surface area contributed by atoms with E-state index < -0.39 is 0 Å². The van der Waals surface area contributed by atoms with Crippen molar-refractivity contribution in [3.8, 4) is 0 Å². The molecule has 1 aliphatic carbocycles. The molecule has 0 radical (unpaired) electrons. The predicted octanol–water partition coefficient (Wildman–Crippen LogP) is 0.457. The van der Waals surface area contributed by atoms with E-state index in [2.05, 4.69) is 17.1 Å². The van der Waals surface area contributed by atoms with Crippen molar-refractivity contribution in [2.75, 3.05) is 26.7 Å². The van der Waals surface area contributed by atoms with Gasteiger partial charge in [0.25, 0.3) is 0 Å². The molecule has 0 bridgehead atoms. The van der Waals surface area contributed by atoms with Crippen molar-refractivity contribution in [3.63, 3.8) is 0 Å². The summed E-state index contributed by atoms with van der Waals surface area (Å²) in [6.45, 7) is 5.82. The first kappa shape index (κ1) is 9.44. The lowest BCUT2D eigenvalue weighted by atomic mass is 9.86. The van der Waals surface area contributed by atoms with Gasteiger partial charge in [0.15, 0.2) is 0 Å². The van der Waals surface area contributed by atoms with Gasteiger partial charge in [-0.2, -0.15) is 0 Å². The molecule has 3 heteroatoms. The Morgan fingerprint density at radius 3 is 2.38 bits per heavy atom. The molecule has 1 saturated carbocycles. The summed E-state index contributed by atoms with van der Waals surface area (Å²) in [6.07, 6.45) is 3.01. The van der Waals surface area contributed by atoms with Crippen LogP contribution in [0.1, 0.15) is 19.8 Å². The second-order valence-corrected chi connectivity index (χ2v) is 4.13. The second kappa shape index (κ2) is 3.95. The monoisotopic (exact) mass is 184 g/mol. The predicted molar refractivity (Wildman–Crippen MR) is 52.9 cm³/mol. The topological polar surface area (TPSA) is 24.5 Å². The highest BCUT2D eigenvalue weighted by Crippen LogP contribution is 2.29. The standard InChI is InChI=1S/C10H20N2O/c1-3-12(9-6-11-7-9)8-4-10(5-8)13-2/h8-11H,3-7H2,1-2H3. The molecule has 0 aromatic heterocycles. The minimum absolute atomic E-state index is 0.534. The summed E-state index contributed by atoms with van der Waals surface area (Å²) in [5.74, 6) is 0. The van der Waals surface area contributed by atoms with E-state index in [0.717, 1.165) is 12.1 Å². The molecule has 76 valence electrons. The maximum absolute atomic E-state index is 5.30. The Labute approximate surface area is 80.4 Å². The van der Waals surface area contributed by atoms with Gasteiger partial charge in [0.05, 0.1) is 6.10 Å². The molecule has 0 aromatic carbocycles. The molecule has 0 aromatic rings. The number of likely N-dealkylation sites (N-methyl/N-ethyl adjacent to an activating group) is 1. The van der Waals surface area contributed by atoms with Gasteiger partial charge in [-0.25, -0.2) is 0 Å². The van der Waals surface area contributed by atoms with Crippen LogP contribution in [0.3, 0.4) is 0 Å². The van der Waals surface area contributed by atoms with Crippen LogP contribution in [0.5, 0.6) is 0 Å². The molecule has 1 aliphatic heterocycles. The zero-order chi connectivity index (χ0) is 9.26. The molecule has 0 amide bonds. The van der Waals surface area contributed by atoms with Gasteiger partial charge in [0, 0.05) is 32.3 Å². The molecule has 3 nitrogen and oxygen atoms in total. The van der Waals surface area contributed by atoms with Crippen LogP contribution >= 0.6 is 0 Å². The summed E-state index contributed by atoms with van der Waals surface area (Å²) in [5.41, 5.74) is 0. The lowest BCUT2D eigenvalue weighted by molar-refractivity contribution is -0.0461. The van der Waals surface area contributed by atoms with E-state index in [9.17, 15) is 0 Å². The Morgan fingerprint density at radius 1 is 1.31 bits per heavy atom. The Balaban J connectivity index is 1.77. The third kappa shape index (κ3) is 1.73. The first-order valence-corrected chi connectivity index (χ1v) is 5.34. The van der Waals surface area contributed by atoms with Crippen molar-refractivity contribution < 1.29 is 4.74 Å². The minimum Gasteiger partial charge on any atom is -0.381 e. The summed E-state index contributed by atoms with van der Waals surface area (Å²) in [6, 6.07) is 1.59. The van der Waals surface area contributed by atoms with E-state index >= 15 is 0 Å². The summed E-state index contributed by atoms with van der Waals surface area (Å²) in [7, 11) is 1.82. The Hall–Kier alpha value is -0.120. The second-order valence-electron chi connectivity index (χ2n) is 4.13. The van der Waals surface area contributed by atoms with Gasteiger partial charge in [-0.1, -0.05) is 6.92 Å². The summed E-state index contributed by atoms with van der Waals surface area (Å²) in [4.78, 5) is 2.63. The number of hydrogen-bond donors (Lipinski definition) is 1. The third-order valence-corrected chi connectivity index (χ3v) is 3.47. The fourth-order valence-electron chi connectivity index (χ4n) is 2.32. The number of rotatable bonds is 4. The Morgan fingerprint density at radius 2 is 2.00 bits per heavy atom. The lowest BCUT2D eigenvalue weighted by Gasteiger charge is -2.48. The SMILES string of the molecule is CCN(C1CNC1)C1CC(OC)C1. The van der Waals surface area contributed by atoms with Crippen LogP contribution in [0.4, 0.5) is 0 Å². The van der Waals surface area contributed by atoms with E-state index in [-0.39, 0.29) is 0 Å². The van der Waals surface area contributed by atoms with Crippen LogP contribution in [0.2, 0.25) is 0 Å². The highest BCUT2D eigenvalue weighted by Gasteiger charge is 2.37. The minimum atomic E-state index is 0.534. The zero-order valence-corrected chi connectivity index (χ0v) is 8.62. The van der Waals surface area contributed by atoms with Crippen molar-refractivity contribution in [2.24, 2.45) is 0 Å². The fourth-order valence-corrected chi connectivity index (χ4v) is 2.32. The lowest BCUT2D eigenvalue weighted by Crippen LogP contribution is -2.62. The van der Waals surface area contributed by atoms with Gasteiger partial charge in [-0.3, -0.25) is 4.90 Å². The summed E-state index contributed by atoms with van der Waals surface area (Å²) < 4.78 is 5.30. The molecule has 1 heterocycles. The van der Waals surface area contributed by atoms with Crippen LogP contribution in [-0.2, 0) is 4.74 Å². The molecular formula is C10H20N2O.